The maximum atomic E-state index is 13.1. The molecule has 2 bridgehead atoms. The van der Waals surface area contributed by atoms with Crippen LogP contribution in [0.3, 0.4) is 0 Å². The number of amides is 3. The van der Waals surface area contributed by atoms with Crippen LogP contribution in [-0.4, -0.2) is 51.2 Å². The number of hydrogen-bond acceptors (Lipinski definition) is 6. The van der Waals surface area contributed by atoms with E-state index in [-0.39, 0.29) is 18.7 Å². The number of aromatic nitrogens is 3. The Morgan fingerprint density at radius 3 is 2.85 bits per heavy atom. The number of H-pyrrole nitrogens is 2. The van der Waals surface area contributed by atoms with Crippen molar-refractivity contribution in [2.75, 3.05) is 17.7 Å². The molecule has 40 heavy (non-hydrogen) atoms. The van der Waals surface area contributed by atoms with E-state index in [1.807, 2.05) is 12.1 Å². The van der Waals surface area contributed by atoms with Crippen molar-refractivity contribution in [1.29, 1.82) is 0 Å². The molecule has 0 spiro atoms. The van der Waals surface area contributed by atoms with Gasteiger partial charge in [0.1, 0.15) is 5.82 Å². The van der Waals surface area contributed by atoms with Crippen molar-refractivity contribution in [1.82, 2.24) is 20.3 Å². The molecule has 1 aliphatic rings. The zero-order chi connectivity index (χ0) is 28.2. The number of aromatic amines is 2. The number of ether oxygens (including phenoxy) is 1. The smallest absolute Gasteiger partial charge is 0.411 e. The zero-order valence-electron chi connectivity index (χ0n) is 21.5. The van der Waals surface area contributed by atoms with Gasteiger partial charge < -0.3 is 30.4 Å². The second kappa shape index (κ2) is 11.6. The lowest BCUT2D eigenvalue weighted by Crippen LogP contribution is -2.30. The normalized spacial score (nSPS) is 17.9. The first-order chi connectivity index (χ1) is 19.3. The third-order valence-corrected chi connectivity index (χ3v) is 6.70. The highest BCUT2D eigenvalue weighted by molar-refractivity contribution is 6.31. The molecule has 2 atom stereocenters. The van der Waals surface area contributed by atoms with E-state index in [0.717, 1.165) is 16.5 Å². The number of methoxy groups -OCH3 is 1. The molecule has 3 heterocycles. The van der Waals surface area contributed by atoms with Crippen molar-refractivity contribution >= 4 is 51.8 Å². The van der Waals surface area contributed by atoms with Gasteiger partial charge in [-0.05, 0) is 48.4 Å². The summed E-state index contributed by atoms with van der Waals surface area (Å²) in [5.74, 6) is -0.150. The molecule has 6 N–H and O–H groups in total. The quantitative estimate of drug-likeness (QED) is 0.202. The van der Waals surface area contributed by atoms with E-state index in [4.69, 9.17) is 16.6 Å². The minimum Gasteiger partial charge on any atom is -0.453 e. The van der Waals surface area contributed by atoms with Gasteiger partial charge in [-0.3, -0.25) is 14.9 Å². The number of carbonyl (C=O) groups is 3. The second-order valence-corrected chi connectivity index (χ2v) is 9.77. The summed E-state index contributed by atoms with van der Waals surface area (Å²) in [5.41, 5.74) is 3.56. The number of hydrogen-bond donors (Lipinski definition) is 6. The van der Waals surface area contributed by atoms with Gasteiger partial charge in [0.25, 0.3) is 0 Å². The number of nitrogens with one attached hydrogen (secondary N) is 5. The van der Waals surface area contributed by atoms with Crippen LogP contribution in [0, 0.1) is 0 Å². The van der Waals surface area contributed by atoms with Crippen molar-refractivity contribution in [2.45, 2.75) is 31.4 Å². The molecule has 0 saturated heterocycles. The Hall–Kier alpha value is -4.61. The van der Waals surface area contributed by atoms with E-state index in [1.165, 1.54) is 13.2 Å². The molecule has 2 aromatic carbocycles. The number of fused-ring (bicyclic) bond motifs is 5. The Labute approximate surface area is 234 Å². The lowest BCUT2D eigenvalue weighted by atomic mass is 10.1. The number of aliphatic hydroxyl groups excluding tert-OH is 1. The second-order valence-electron chi connectivity index (χ2n) is 9.33. The fourth-order valence-corrected chi connectivity index (χ4v) is 4.73. The van der Waals surface area contributed by atoms with Crippen LogP contribution in [0.2, 0.25) is 5.02 Å². The number of aliphatic hydroxyl groups is 1. The summed E-state index contributed by atoms with van der Waals surface area (Å²) in [5, 5.41) is 20.2. The number of anilines is 2. The number of rotatable bonds is 4. The molecule has 206 valence electrons. The molecule has 1 unspecified atom stereocenters. The summed E-state index contributed by atoms with van der Waals surface area (Å²) >= 11 is 6.15. The molecular weight excluding hydrogens is 536 g/mol. The van der Waals surface area contributed by atoms with Gasteiger partial charge in [-0.2, -0.15) is 0 Å². The zero-order valence-corrected chi connectivity index (χ0v) is 22.2. The minimum atomic E-state index is -1.04. The van der Waals surface area contributed by atoms with Gasteiger partial charge in [0, 0.05) is 39.6 Å². The average molecular weight is 563 g/mol. The lowest BCUT2D eigenvalue weighted by Gasteiger charge is -2.15. The van der Waals surface area contributed by atoms with Crippen LogP contribution in [0.1, 0.15) is 30.3 Å². The topological polar surface area (TPSA) is 161 Å². The van der Waals surface area contributed by atoms with E-state index in [2.05, 4.69) is 30.7 Å². The molecule has 11 nitrogen and oxygen atoms in total. The first-order valence-corrected chi connectivity index (χ1v) is 12.9. The Morgan fingerprint density at radius 2 is 2.02 bits per heavy atom. The van der Waals surface area contributed by atoms with Crippen molar-refractivity contribution < 1.29 is 24.2 Å². The molecule has 3 amide bonds. The summed E-state index contributed by atoms with van der Waals surface area (Å²) in [4.78, 5) is 48.5. The predicted molar refractivity (Wildman–Crippen MR) is 151 cm³/mol. The molecule has 4 aromatic rings. The van der Waals surface area contributed by atoms with Crippen LogP contribution in [0.4, 0.5) is 16.2 Å². The number of carbonyl (C=O) groups excluding carboxylic acids is 3. The molecule has 0 fully saturated rings. The molecular formula is C28H27ClN6O5. The summed E-state index contributed by atoms with van der Waals surface area (Å²) in [6.45, 7) is 0. The molecule has 12 heteroatoms. The van der Waals surface area contributed by atoms with Gasteiger partial charge in [0.2, 0.25) is 11.8 Å². The summed E-state index contributed by atoms with van der Waals surface area (Å²) in [6.07, 6.45) is 5.25. The highest BCUT2D eigenvalue weighted by atomic mass is 35.5. The standard InChI is InChI=1S/C28H27ClN6O5/c1-40-28(39)32-17-6-7-19-23(11-17)34-26(38)12-18(36)3-2-4-22(27-31-14-24(19)35-27)33-25(37)9-15-13-30-21-8-5-16(29)10-20(15)21/h2-3,5-8,10-11,13-14,18,22,30,36H,4,9,12H2,1H3,(H,31,35)(H,32,39)(H,33,37)(H,34,38)/b3-2+/t18?,22-/m0/s1. The van der Waals surface area contributed by atoms with Crippen molar-refractivity contribution in [3.8, 4) is 11.3 Å². The van der Waals surface area contributed by atoms with Crippen LogP contribution < -0.4 is 16.0 Å². The first kappa shape index (κ1) is 27.0. The highest BCUT2D eigenvalue weighted by Gasteiger charge is 2.21. The third-order valence-electron chi connectivity index (χ3n) is 6.47. The van der Waals surface area contributed by atoms with E-state index in [9.17, 15) is 19.5 Å². The summed E-state index contributed by atoms with van der Waals surface area (Å²) in [7, 11) is 1.25. The minimum absolute atomic E-state index is 0.119. The van der Waals surface area contributed by atoms with Crippen LogP contribution in [0.5, 0.6) is 0 Å². The Balaban J connectivity index is 1.43. The largest absolute Gasteiger partial charge is 0.453 e. The Kier molecular flexibility index (Phi) is 7.85. The lowest BCUT2D eigenvalue weighted by molar-refractivity contribution is -0.121. The molecule has 2 aromatic heterocycles. The van der Waals surface area contributed by atoms with Gasteiger partial charge in [-0.15, -0.1) is 0 Å². The van der Waals surface area contributed by atoms with Gasteiger partial charge in [-0.25, -0.2) is 9.78 Å². The number of imidazole rings is 1. The van der Waals surface area contributed by atoms with Crippen LogP contribution in [-0.2, 0) is 20.7 Å². The monoisotopic (exact) mass is 562 g/mol. The fraction of sp³-hybridized carbons (Fsp3) is 0.214. The van der Waals surface area contributed by atoms with Gasteiger partial charge in [0.15, 0.2) is 0 Å². The van der Waals surface area contributed by atoms with Gasteiger partial charge >= 0.3 is 6.09 Å². The van der Waals surface area contributed by atoms with Crippen LogP contribution in [0.25, 0.3) is 22.2 Å². The maximum Gasteiger partial charge on any atom is 0.411 e. The number of halogens is 1. The molecule has 0 aliphatic carbocycles. The first-order valence-electron chi connectivity index (χ1n) is 12.5. The van der Waals surface area contributed by atoms with E-state index >= 15 is 0 Å². The highest BCUT2D eigenvalue weighted by Crippen LogP contribution is 2.32. The molecule has 1 aliphatic heterocycles. The SMILES string of the molecule is COC(=O)Nc1ccc2c(c1)NC(=O)CC(O)/C=C/C[C@H](NC(=O)Cc1c[nH]c3ccc(Cl)cc13)c1nc-2c[nH]1. The van der Waals surface area contributed by atoms with E-state index < -0.39 is 24.1 Å². The number of nitrogens with zero attached hydrogens (tertiary/aromatic N) is 1. The summed E-state index contributed by atoms with van der Waals surface area (Å²) < 4.78 is 4.65. The molecule has 0 saturated carbocycles. The fourth-order valence-electron chi connectivity index (χ4n) is 4.56. The van der Waals surface area contributed by atoms with E-state index in [1.54, 1.807) is 42.7 Å². The van der Waals surface area contributed by atoms with Crippen molar-refractivity contribution in [2.24, 2.45) is 0 Å². The van der Waals surface area contributed by atoms with Crippen LogP contribution >= 0.6 is 11.6 Å². The predicted octanol–water partition coefficient (Wildman–Crippen LogP) is 4.44. The van der Waals surface area contributed by atoms with Crippen molar-refractivity contribution in [3.05, 3.63) is 77.4 Å². The Bertz CT molecular complexity index is 1610. The number of benzene rings is 2. The molecule has 5 rings (SSSR count). The maximum absolute atomic E-state index is 13.1. The van der Waals surface area contributed by atoms with Gasteiger partial charge in [0.05, 0.1) is 43.5 Å². The van der Waals surface area contributed by atoms with Gasteiger partial charge in [-0.1, -0.05) is 23.8 Å². The average Bonchev–Trinajstić information content (AvgIpc) is 3.55. The molecule has 0 radical (unpaired) electrons. The van der Waals surface area contributed by atoms with E-state index in [0.29, 0.717) is 39.9 Å². The summed E-state index contributed by atoms with van der Waals surface area (Å²) in [6, 6.07) is 9.85. The van der Waals surface area contributed by atoms with Crippen molar-refractivity contribution in [3.63, 3.8) is 0 Å². The third kappa shape index (κ3) is 6.16. The Morgan fingerprint density at radius 1 is 1.18 bits per heavy atom. The van der Waals surface area contributed by atoms with Crippen LogP contribution in [0.15, 0.2) is 60.9 Å².